The van der Waals surface area contributed by atoms with Crippen LogP contribution >= 0.6 is 23.2 Å². The molecule has 2 aromatic carbocycles. The maximum atomic E-state index is 12.3. The molecule has 0 heterocycles. The Hall–Kier alpha value is -2.04. The van der Waals surface area contributed by atoms with Gasteiger partial charge in [0.1, 0.15) is 0 Å². The molecular formula is C18H18Cl2N2O2. The van der Waals surface area contributed by atoms with Gasteiger partial charge in [-0.2, -0.15) is 0 Å². The molecule has 126 valence electrons. The van der Waals surface area contributed by atoms with Gasteiger partial charge >= 0.3 is 0 Å². The minimum atomic E-state index is -0.303. The van der Waals surface area contributed by atoms with E-state index in [9.17, 15) is 9.59 Å². The lowest BCUT2D eigenvalue weighted by atomic mass is 10.1. The largest absolute Gasteiger partial charge is 0.326 e. The number of anilines is 2. The summed E-state index contributed by atoms with van der Waals surface area (Å²) in [7, 11) is 0. The lowest BCUT2D eigenvalue weighted by molar-refractivity contribution is -0.116. The van der Waals surface area contributed by atoms with Crippen molar-refractivity contribution in [1.29, 1.82) is 0 Å². The Morgan fingerprint density at radius 3 is 2.38 bits per heavy atom. The molecule has 0 unspecified atom stereocenters. The molecule has 0 aliphatic carbocycles. The zero-order chi connectivity index (χ0) is 17.5. The van der Waals surface area contributed by atoms with E-state index < -0.39 is 0 Å². The number of benzene rings is 2. The maximum Gasteiger partial charge on any atom is 0.255 e. The van der Waals surface area contributed by atoms with Gasteiger partial charge in [0, 0.05) is 17.7 Å². The van der Waals surface area contributed by atoms with Crippen LogP contribution in [0, 0.1) is 0 Å². The topological polar surface area (TPSA) is 58.2 Å². The molecule has 2 aromatic rings. The summed E-state index contributed by atoms with van der Waals surface area (Å²) in [6, 6.07) is 11.7. The Kier molecular flexibility index (Phi) is 6.64. The number of carbonyl (C=O) groups is 2. The SMILES string of the molecule is CCCCC(=O)Nc1ccc(C(=O)Nc2cccc(Cl)c2Cl)cc1. The van der Waals surface area contributed by atoms with Gasteiger partial charge < -0.3 is 10.6 Å². The highest BCUT2D eigenvalue weighted by Crippen LogP contribution is 2.29. The van der Waals surface area contributed by atoms with Gasteiger partial charge in [-0.15, -0.1) is 0 Å². The first-order chi connectivity index (χ1) is 11.5. The summed E-state index contributed by atoms with van der Waals surface area (Å²) in [6.07, 6.45) is 2.32. The minimum Gasteiger partial charge on any atom is -0.326 e. The third-order valence-corrected chi connectivity index (χ3v) is 4.21. The number of unbranched alkanes of at least 4 members (excludes halogenated alkanes) is 1. The highest BCUT2D eigenvalue weighted by atomic mass is 35.5. The predicted molar refractivity (Wildman–Crippen MR) is 99.0 cm³/mol. The highest BCUT2D eigenvalue weighted by molar-refractivity contribution is 6.44. The minimum absolute atomic E-state index is 0.0280. The fraction of sp³-hybridized carbons (Fsp3) is 0.222. The Bertz CT molecular complexity index is 730. The molecule has 0 bridgehead atoms. The molecule has 6 heteroatoms. The van der Waals surface area contributed by atoms with E-state index >= 15 is 0 Å². The summed E-state index contributed by atoms with van der Waals surface area (Å²) < 4.78 is 0. The van der Waals surface area contributed by atoms with Crippen molar-refractivity contribution in [1.82, 2.24) is 0 Å². The predicted octanol–water partition coefficient (Wildman–Crippen LogP) is 5.37. The van der Waals surface area contributed by atoms with Crippen molar-refractivity contribution in [2.24, 2.45) is 0 Å². The number of nitrogens with one attached hydrogen (secondary N) is 2. The van der Waals surface area contributed by atoms with Gasteiger partial charge in [-0.25, -0.2) is 0 Å². The smallest absolute Gasteiger partial charge is 0.255 e. The number of halogens is 2. The van der Waals surface area contributed by atoms with Gasteiger partial charge in [0.15, 0.2) is 0 Å². The molecule has 0 radical (unpaired) electrons. The standard InChI is InChI=1S/C18H18Cl2N2O2/c1-2-3-7-16(23)21-13-10-8-12(9-11-13)18(24)22-15-6-4-5-14(19)17(15)20/h4-6,8-11H,2-3,7H2,1H3,(H,21,23)(H,22,24). The molecule has 0 aliphatic rings. The van der Waals surface area contributed by atoms with E-state index in [1.54, 1.807) is 42.5 Å². The molecule has 0 fully saturated rings. The molecule has 0 saturated heterocycles. The van der Waals surface area contributed by atoms with E-state index in [2.05, 4.69) is 10.6 Å². The van der Waals surface area contributed by atoms with Crippen LogP contribution < -0.4 is 10.6 Å². The van der Waals surface area contributed by atoms with Gasteiger partial charge in [-0.1, -0.05) is 42.6 Å². The molecule has 0 aromatic heterocycles. The van der Waals surface area contributed by atoms with Crippen molar-refractivity contribution < 1.29 is 9.59 Å². The second-order valence-corrected chi connectivity index (χ2v) is 6.07. The summed E-state index contributed by atoms with van der Waals surface area (Å²) in [5.41, 5.74) is 1.57. The Balaban J connectivity index is 2.01. The Labute approximate surface area is 151 Å². The molecule has 0 aliphatic heterocycles. The van der Waals surface area contributed by atoms with Crippen LogP contribution in [0.15, 0.2) is 42.5 Å². The summed E-state index contributed by atoms with van der Waals surface area (Å²) in [5, 5.41) is 6.19. The van der Waals surface area contributed by atoms with Crippen LogP contribution in [0.5, 0.6) is 0 Å². The van der Waals surface area contributed by atoms with Crippen LogP contribution in [0.3, 0.4) is 0 Å². The fourth-order valence-corrected chi connectivity index (χ4v) is 2.41. The zero-order valence-corrected chi connectivity index (χ0v) is 14.7. The normalized spacial score (nSPS) is 10.3. The summed E-state index contributed by atoms with van der Waals surface area (Å²) in [4.78, 5) is 23.9. The molecule has 2 N–H and O–H groups in total. The number of amides is 2. The van der Waals surface area contributed by atoms with E-state index in [1.165, 1.54) is 0 Å². The Morgan fingerprint density at radius 1 is 1.00 bits per heavy atom. The third kappa shape index (κ3) is 4.98. The van der Waals surface area contributed by atoms with Crippen molar-refractivity contribution in [2.75, 3.05) is 10.6 Å². The molecule has 24 heavy (non-hydrogen) atoms. The van der Waals surface area contributed by atoms with Crippen molar-refractivity contribution in [3.05, 3.63) is 58.1 Å². The van der Waals surface area contributed by atoms with Crippen molar-refractivity contribution in [3.63, 3.8) is 0 Å². The van der Waals surface area contributed by atoms with Crippen LogP contribution in [0.4, 0.5) is 11.4 Å². The highest BCUT2D eigenvalue weighted by Gasteiger charge is 2.10. The van der Waals surface area contributed by atoms with Crippen molar-refractivity contribution in [3.8, 4) is 0 Å². The van der Waals surface area contributed by atoms with Crippen molar-refractivity contribution >= 4 is 46.4 Å². The lowest BCUT2D eigenvalue weighted by Crippen LogP contribution is -2.13. The number of hydrogen-bond acceptors (Lipinski definition) is 2. The van der Waals surface area contributed by atoms with E-state index in [0.717, 1.165) is 12.8 Å². The Morgan fingerprint density at radius 2 is 1.71 bits per heavy atom. The molecular weight excluding hydrogens is 347 g/mol. The molecule has 4 nitrogen and oxygen atoms in total. The summed E-state index contributed by atoms with van der Waals surface area (Å²) in [5.74, 6) is -0.331. The number of rotatable bonds is 6. The first kappa shape index (κ1) is 18.3. The molecule has 0 spiro atoms. The van der Waals surface area contributed by atoms with Gasteiger partial charge in [0.2, 0.25) is 5.91 Å². The van der Waals surface area contributed by atoms with Crippen molar-refractivity contribution in [2.45, 2.75) is 26.2 Å². The monoisotopic (exact) mass is 364 g/mol. The van der Waals surface area contributed by atoms with E-state index in [-0.39, 0.29) is 11.8 Å². The average molecular weight is 365 g/mol. The summed E-state index contributed by atoms with van der Waals surface area (Å²) >= 11 is 12.0. The average Bonchev–Trinajstić information content (AvgIpc) is 2.57. The van der Waals surface area contributed by atoms with Crippen LogP contribution in [0.1, 0.15) is 36.5 Å². The second-order valence-electron chi connectivity index (χ2n) is 5.28. The first-order valence-corrected chi connectivity index (χ1v) is 8.42. The van der Waals surface area contributed by atoms with Gasteiger partial charge in [0.25, 0.3) is 5.91 Å². The molecule has 2 rings (SSSR count). The molecule has 0 atom stereocenters. The maximum absolute atomic E-state index is 12.3. The van der Waals surface area contributed by atoms with E-state index in [0.29, 0.717) is 33.4 Å². The number of carbonyl (C=O) groups excluding carboxylic acids is 2. The third-order valence-electron chi connectivity index (χ3n) is 3.39. The number of hydrogen-bond donors (Lipinski definition) is 2. The van der Waals surface area contributed by atoms with E-state index in [4.69, 9.17) is 23.2 Å². The van der Waals surface area contributed by atoms with Gasteiger partial charge in [-0.05, 0) is 42.8 Å². The van der Waals surface area contributed by atoms with Crippen LogP contribution in [-0.4, -0.2) is 11.8 Å². The first-order valence-electron chi connectivity index (χ1n) is 7.66. The fourth-order valence-electron chi connectivity index (χ4n) is 2.06. The molecule has 2 amide bonds. The zero-order valence-electron chi connectivity index (χ0n) is 13.2. The van der Waals surface area contributed by atoms with Gasteiger partial charge in [-0.3, -0.25) is 9.59 Å². The van der Waals surface area contributed by atoms with Crippen LogP contribution in [-0.2, 0) is 4.79 Å². The summed E-state index contributed by atoms with van der Waals surface area (Å²) in [6.45, 7) is 2.03. The molecule has 0 saturated carbocycles. The van der Waals surface area contributed by atoms with Crippen LogP contribution in [0.25, 0.3) is 0 Å². The quantitative estimate of drug-likeness (QED) is 0.723. The van der Waals surface area contributed by atoms with E-state index in [1.807, 2.05) is 6.92 Å². The van der Waals surface area contributed by atoms with Crippen LogP contribution in [0.2, 0.25) is 10.0 Å². The lowest BCUT2D eigenvalue weighted by Gasteiger charge is -2.09. The van der Waals surface area contributed by atoms with Gasteiger partial charge in [0.05, 0.1) is 15.7 Å². The second kappa shape index (κ2) is 8.71.